The molecule has 1 aliphatic carbocycles. The molecule has 0 atom stereocenters. The molecule has 1 heterocycles. The SMILES string of the molecule is NCC1(CC(=O)Nc2ccc(-n3ccnc3)c(F)c2)CCCCC1. The molecule has 1 saturated carbocycles. The molecular formula is C18H23FN4O. The van der Waals surface area contributed by atoms with Crippen molar-refractivity contribution in [1.29, 1.82) is 0 Å². The number of carbonyl (C=O) groups excluding carboxylic acids is 1. The summed E-state index contributed by atoms with van der Waals surface area (Å²) in [6.07, 6.45) is 10.6. The van der Waals surface area contributed by atoms with Crippen LogP contribution in [0.5, 0.6) is 0 Å². The van der Waals surface area contributed by atoms with Gasteiger partial charge in [-0.05, 0) is 43.0 Å². The number of halogens is 1. The maximum atomic E-state index is 14.2. The molecule has 3 N–H and O–H groups in total. The molecule has 24 heavy (non-hydrogen) atoms. The van der Waals surface area contributed by atoms with Crippen molar-refractivity contribution in [3.05, 3.63) is 42.7 Å². The van der Waals surface area contributed by atoms with Gasteiger partial charge in [0.05, 0.1) is 12.0 Å². The lowest BCUT2D eigenvalue weighted by molar-refractivity contribution is -0.118. The Morgan fingerprint density at radius 1 is 1.33 bits per heavy atom. The van der Waals surface area contributed by atoms with Crippen molar-refractivity contribution >= 4 is 11.6 Å². The number of amides is 1. The summed E-state index contributed by atoms with van der Waals surface area (Å²) in [6.45, 7) is 0.522. The van der Waals surface area contributed by atoms with Gasteiger partial charge in [-0.3, -0.25) is 4.79 Å². The largest absolute Gasteiger partial charge is 0.330 e. The molecule has 0 unspecified atom stereocenters. The highest BCUT2D eigenvalue weighted by atomic mass is 19.1. The van der Waals surface area contributed by atoms with Crippen LogP contribution in [0, 0.1) is 11.2 Å². The minimum atomic E-state index is -0.406. The van der Waals surface area contributed by atoms with Gasteiger partial charge in [0.2, 0.25) is 5.91 Å². The summed E-state index contributed by atoms with van der Waals surface area (Å²) in [5.74, 6) is -0.505. The van der Waals surface area contributed by atoms with Crippen LogP contribution in [0.1, 0.15) is 38.5 Å². The summed E-state index contributed by atoms with van der Waals surface area (Å²) in [5.41, 5.74) is 6.69. The Balaban J connectivity index is 1.67. The molecule has 1 fully saturated rings. The topological polar surface area (TPSA) is 72.9 Å². The predicted octanol–water partition coefficient (Wildman–Crippen LogP) is 3.25. The highest BCUT2D eigenvalue weighted by Gasteiger charge is 2.32. The minimum absolute atomic E-state index is 0.0996. The number of aromatic nitrogens is 2. The van der Waals surface area contributed by atoms with Gasteiger partial charge in [-0.15, -0.1) is 0 Å². The third-order valence-electron chi connectivity index (χ3n) is 4.90. The third kappa shape index (κ3) is 3.64. The van der Waals surface area contributed by atoms with Crippen LogP contribution in [-0.2, 0) is 4.79 Å². The molecule has 2 aromatic rings. The van der Waals surface area contributed by atoms with Crippen LogP contribution in [-0.4, -0.2) is 22.0 Å². The van der Waals surface area contributed by atoms with Crippen molar-refractivity contribution in [3.63, 3.8) is 0 Å². The lowest BCUT2D eigenvalue weighted by Gasteiger charge is -2.35. The van der Waals surface area contributed by atoms with E-state index in [0.717, 1.165) is 25.7 Å². The molecule has 6 heteroatoms. The summed E-state index contributed by atoms with van der Waals surface area (Å²) in [5, 5.41) is 2.80. The highest BCUT2D eigenvalue weighted by Crippen LogP contribution is 2.38. The van der Waals surface area contributed by atoms with E-state index >= 15 is 0 Å². The van der Waals surface area contributed by atoms with Crippen molar-refractivity contribution < 1.29 is 9.18 Å². The van der Waals surface area contributed by atoms with Gasteiger partial charge in [0.25, 0.3) is 0 Å². The molecule has 5 nitrogen and oxygen atoms in total. The maximum absolute atomic E-state index is 14.2. The van der Waals surface area contributed by atoms with Crippen LogP contribution in [0.15, 0.2) is 36.9 Å². The van der Waals surface area contributed by atoms with Crippen LogP contribution >= 0.6 is 0 Å². The highest BCUT2D eigenvalue weighted by molar-refractivity contribution is 5.91. The van der Waals surface area contributed by atoms with Crippen LogP contribution in [0.3, 0.4) is 0 Å². The number of imidazole rings is 1. The average Bonchev–Trinajstić information content (AvgIpc) is 3.10. The fourth-order valence-electron chi connectivity index (χ4n) is 3.50. The van der Waals surface area contributed by atoms with Crippen LogP contribution in [0.2, 0.25) is 0 Å². The normalized spacial score (nSPS) is 16.8. The summed E-state index contributed by atoms with van der Waals surface area (Å²) < 4.78 is 15.8. The number of rotatable bonds is 5. The van der Waals surface area contributed by atoms with Gasteiger partial charge < -0.3 is 15.6 Å². The third-order valence-corrected chi connectivity index (χ3v) is 4.90. The number of nitrogens with two attached hydrogens (primary N) is 1. The molecule has 1 aromatic heterocycles. The monoisotopic (exact) mass is 330 g/mol. The predicted molar refractivity (Wildman–Crippen MR) is 91.3 cm³/mol. The van der Waals surface area contributed by atoms with Crippen molar-refractivity contribution in [1.82, 2.24) is 9.55 Å². The second-order valence-corrected chi connectivity index (χ2v) is 6.63. The average molecular weight is 330 g/mol. The summed E-state index contributed by atoms with van der Waals surface area (Å²) in [7, 11) is 0. The quantitative estimate of drug-likeness (QED) is 0.884. The molecular weight excluding hydrogens is 307 g/mol. The molecule has 1 amide bonds. The smallest absolute Gasteiger partial charge is 0.224 e. The molecule has 3 rings (SSSR count). The molecule has 1 aliphatic rings. The Hall–Kier alpha value is -2.21. The van der Waals surface area contributed by atoms with Crippen LogP contribution < -0.4 is 11.1 Å². The first-order chi connectivity index (χ1) is 11.6. The van der Waals surface area contributed by atoms with Gasteiger partial charge in [-0.2, -0.15) is 0 Å². The summed E-state index contributed by atoms with van der Waals surface area (Å²) in [6, 6.07) is 4.67. The van der Waals surface area contributed by atoms with Crippen LogP contribution in [0.25, 0.3) is 5.69 Å². The number of hydrogen-bond acceptors (Lipinski definition) is 3. The Morgan fingerprint density at radius 2 is 2.12 bits per heavy atom. The zero-order valence-electron chi connectivity index (χ0n) is 13.7. The number of nitrogens with one attached hydrogen (secondary N) is 1. The van der Waals surface area contributed by atoms with Crippen molar-refractivity contribution in [3.8, 4) is 5.69 Å². The van der Waals surface area contributed by atoms with E-state index in [0.29, 0.717) is 24.3 Å². The van der Waals surface area contributed by atoms with Crippen molar-refractivity contribution in [2.24, 2.45) is 11.1 Å². The zero-order chi connectivity index (χ0) is 17.0. The Morgan fingerprint density at radius 3 is 2.75 bits per heavy atom. The van der Waals surface area contributed by atoms with Crippen LogP contribution in [0.4, 0.5) is 10.1 Å². The summed E-state index contributed by atoms with van der Waals surface area (Å²) >= 11 is 0. The van der Waals surface area contributed by atoms with E-state index in [9.17, 15) is 9.18 Å². The molecule has 0 radical (unpaired) electrons. The standard InChI is InChI=1S/C18H23FN4O/c19-15-10-14(4-5-16(15)23-9-8-21-13-23)22-17(24)11-18(12-20)6-2-1-3-7-18/h4-5,8-10,13H,1-3,6-7,11-12,20H2,(H,22,24). The van der Waals surface area contributed by atoms with E-state index in [1.807, 2.05) is 0 Å². The Bertz CT molecular complexity index is 693. The zero-order valence-corrected chi connectivity index (χ0v) is 13.7. The fraction of sp³-hybridized carbons (Fsp3) is 0.444. The van der Waals surface area contributed by atoms with Crippen molar-refractivity contribution in [2.45, 2.75) is 38.5 Å². The van der Waals surface area contributed by atoms with E-state index in [-0.39, 0.29) is 11.3 Å². The molecule has 0 spiro atoms. The van der Waals surface area contributed by atoms with Gasteiger partial charge in [0.15, 0.2) is 0 Å². The first kappa shape index (κ1) is 16.6. The number of benzene rings is 1. The molecule has 1 aromatic carbocycles. The minimum Gasteiger partial charge on any atom is -0.330 e. The number of nitrogens with zero attached hydrogens (tertiary/aromatic N) is 2. The fourth-order valence-corrected chi connectivity index (χ4v) is 3.50. The van der Waals surface area contributed by atoms with Gasteiger partial charge in [-0.1, -0.05) is 19.3 Å². The number of carbonyl (C=O) groups is 1. The van der Waals surface area contributed by atoms with E-state index in [1.54, 1.807) is 29.1 Å². The van der Waals surface area contributed by atoms with Crippen molar-refractivity contribution in [2.75, 3.05) is 11.9 Å². The molecule has 0 bridgehead atoms. The Labute approximate surface area is 141 Å². The maximum Gasteiger partial charge on any atom is 0.224 e. The van der Waals surface area contributed by atoms with Gasteiger partial charge >= 0.3 is 0 Å². The molecule has 0 aliphatic heterocycles. The second-order valence-electron chi connectivity index (χ2n) is 6.63. The van der Waals surface area contributed by atoms with E-state index in [2.05, 4.69) is 10.3 Å². The van der Waals surface area contributed by atoms with Gasteiger partial charge in [0, 0.05) is 24.5 Å². The number of hydrogen-bond donors (Lipinski definition) is 2. The lowest BCUT2D eigenvalue weighted by atomic mass is 9.71. The molecule has 0 saturated heterocycles. The second kappa shape index (κ2) is 7.13. The lowest BCUT2D eigenvalue weighted by Crippen LogP contribution is -2.36. The first-order valence-corrected chi connectivity index (χ1v) is 8.40. The van der Waals surface area contributed by atoms with Gasteiger partial charge in [-0.25, -0.2) is 9.37 Å². The molecule has 128 valence electrons. The van der Waals surface area contributed by atoms with Gasteiger partial charge in [0.1, 0.15) is 5.82 Å². The number of anilines is 1. The van der Waals surface area contributed by atoms with E-state index in [4.69, 9.17) is 5.73 Å². The Kier molecular flexibility index (Phi) is 4.94. The summed E-state index contributed by atoms with van der Waals surface area (Å²) in [4.78, 5) is 16.3. The van der Waals surface area contributed by atoms with E-state index < -0.39 is 5.82 Å². The first-order valence-electron chi connectivity index (χ1n) is 8.40. The van der Waals surface area contributed by atoms with E-state index in [1.165, 1.54) is 18.8 Å².